The molecule has 16 heavy (non-hydrogen) atoms. The van der Waals surface area contributed by atoms with Crippen LogP contribution in [0.5, 0.6) is 0 Å². The molecular weight excluding hydrogens is 220 g/mol. The lowest BCUT2D eigenvalue weighted by molar-refractivity contribution is 1.41. The van der Waals surface area contributed by atoms with Gasteiger partial charge in [-0.2, -0.15) is 12.6 Å². The molecule has 0 saturated carbocycles. The van der Waals surface area contributed by atoms with Crippen LogP contribution in [0.2, 0.25) is 0 Å². The summed E-state index contributed by atoms with van der Waals surface area (Å²) >= 11 is 3.96. The van der Waals surface area contributed by atoms with E-state index in [2.05, 4.69) is 22.3 Å². The first-order chi connectivity index (χ1) is 7.60. The molecule has 0 aromatic rings. The molecular formula is C11H6N4S. The first-order valence-corrected chi connectivity index (χ1v) is 4.42. The summed E-state index contributed by atoms with van der Waals surface area (Å²) in [5.74, 6) is 0. The number of nitrogens with zero attached hydrogens (tertiary/aromatic N) is 4. The fourth-order valence-electron chi connectivity index (χ4n) is 0.703. The molecule has 0 heterocycles. The van der Waals surface area contributed by atoms with Crippen LogP contribution >= 0.6 is 12.6 Å². The Bertz CT molecular complexity index is 456. The highest BCUT2D eigenvalue weighted by Gasteiger charge is 1.99. The maximum absolute atomic E-state index is 8.58. The molecule has 0 fully saturated rings. The second kappa shape index (κ2) is 6.91. The van der Waals surface area contributed by atoms with Gasteiger partial charge < -0.3 is 0 Å². The molecule has 0 atom stereocenters. The van der Waals surface area contributed by atoms with E-state index < -0.39 is 0 Å². The van der Waals surface area contributed by atoms with Crippen molar-refractivity contribution in [3.8, 4) is 12.1 Å². The van der Waals surface area contributed by atoms with Crippen LogP contribution in [0, 0.1) is 35.8 Å². The molecule has 0 aliphatic rings. The SMILES string of the molecule is [C-]#[N+]/C(C#N)=C(S)/C=C\C(C)=C(/C#N)[N+]#[C-]. The Morgan fingerprint density at radius 3 is 2.00 bits per heavy atom. The second-order valence-electron chi connectivity index (χ2n) is 2.55. The highest BCUT2D eigenvalue weighted by atomic mass is 32.1. The molecule has 0 aromatic heterocycles. The summed E-state index contributed by atoms with van der Waals surface area (Å²) in [5, 5.41) is 17.1. The van der Waals surface area contributed by atoms with Crippen molar-refractivity contribution in [1.29, 1.82) is 10.5 Å². The Kier molecular flexibility index (Phi) is 5.84. The van der Waals surface area contributed by atoms with Crippen LogP contribution in [0.4, 0.5) is 0 Å². The monoisotopic (exact) mass is 226 g/mol. The number of allylic oxidation sites excluding steroid dienone is 5. The number of thiol groups is 1. The topological polar surface area (TPSA) is 56.3 Å². The van der Waals surface area contributed by atoms with Crippen LogP contribution < -0.4 is 0 Å². The van der Waals surface area contributed by atoms with Crippen LogP contribution in [-0.4, -0.2) is 0 Å². The van der Waals surface area contributed by atoms with E-state index in [1.54, 1.807) is 19.1 Å². The number of hydrogen-bond acceptors (Lipinski definition) is 3. The molecule has 0 rings (SSSR count). The summed E-state index contributed by atoms with van der Waals surface area (Å²) in [4.78, 5) is 6.20. The van der Waals surface area contributed by atoms with E-state index in [1.807, 2.05) is 0 Å². The van der Waals surface area contributed by atoms with E-state index >= 15 is 0 Å². The van der Waals surface area contributed by atoms with Gasteiger partial charge in [0.1, 0.15) is 0 Å². The van der Waals surface area contributed by atoms with Crippen LogP contribution in [0.3, 0.4) is 0 Å². The first kappa shape index (κ1) is 13.5. The first-order valence-electron chi connectivity index (χ1n) is 3.98. The molecule has 0 unspecified atom stereocenters. The third kappa shape index (κ3) is 3.72. The van der Waals surface area contributed by atoms with Gasteiger partial charge in [-0.1, -0.05) is 12.2 Å². The Balaban J connectivity index is 5.24. The Labute approximate surface area is 99.5 Å². The summed E-state index contributed by atoms with van der Waals surface area (Å²) in [5.41, 5.74) is 0.304. The number of rotatable bonds is 2. The van der Waals surface area contributed by atoms with Gasteiger partial charge in [0, 0.05) is 4.91 Å². The molecule has 0 N–H and O–H groups in total. The highest BCUT2D eigenvalue weighted by molar-refractivity contribution is 7.84. The van der Waals surface area contributed by atoms with Crippen molar-refractivity contribution < 1.29 is 0 Å². The van der Waals surface area contributed by atoms with Crippen LogP contribution in [0.1, 0.15) is 6.92 Å². The maximum atomic E-state index is 8.58. The van der Waals surface area contributed by atoms with Gasteiger partial charge in [-0.15, -0.1) is 0 Å². The Morgan fingerprint density at radius 1 is 1.12 bits per heavy atom. The van der Waals surface area contributed by atoms with Crippen LogP contribution in [0.15, 0.2) is 34.0 Å². The lowest BCUT2D eigenvalue weighted by atomic mass is 10.2. The van der Waals surface area contributed by atoms with Gasteiger partial charge in [0.05, 0.1) is 25.3 Å². The fraction of sp³-hybridized carbons (Fsp3) is 0.0909. The summed E-state index contributed by atoms with van der Waals surface area (Å²) in [6.45, 7) is 15.0. The third-order valence-electron chi connectivity index (χ3n) is 1.54. The zero-order valence-electron chi connectivity index (χ0n) is 8.39. The summed E-state index contributed by atoms with van der Waals surface area (Å²) in [6, 6.07) is 3.43. The molecule has 0 aliphatic carbocycles. The lowest BCUT2D eigenvalue weighted by Crippen LogP contribution is -1.78. The van der Waals surface area contributed by atoms with Crippen LogP contribution in [0.25, 0.3) is 9.69 Å². The lowest BCUT2D eigenvalue weighted by Gasteiger charge is -1.92. The van der Waals surface area contributed by atoms with E-state index in [1.165, 1.54) is 12.2 Å². The summed E-state index contributed by atoms with van der Waals surface area (Å²) in [7, 11) is 0. The predicted molar refractivity (Wildman–Crippen MR) is 62.3 cm³/mol. The van der Waals surface area contributed by atoms with Gasteiger partial charge in [-0.05, 0) is 12.5 Å². The second-order valence-corrected chi connectivity index (χ2v) is 3.03. The molecule has 0 saturated heterocycles. The molecule has 4 nitrogen and oxygen atoms in total. The molecule has 0 aromatic carbocycles. The maximum Gasteiger partial charge on any atom is 0.274 e. The molecule has 76 valence electrons. The molecule has 5 heteroatoms. The fourth-order valence-corrected chi connectivity index (χ4v) is 0.877. The van der Waals surface area contributed by atoms with E-state index in [9.17, 15) is 0 Å². The van der Waals surface area contributed by atoms with E-state index in [0.717, 1.165) is 0 Å². The minimum absolute atomic E-state index is 0.0290. The molecule has 0 bridgehead atoms. The standard InChI is InChI=1S/C11H6N4S/c1-8(9(6-12)14-2)4-5-11(16)10(7-13)15-3/h4-5,16H,1H3/b5-4-,9-8+,11-10-. The predicted octanol–water partition coefficient (Wildman–Crippen LogP) is 2.84. The quantitative estimate of drug-likeness (QED) is 0.340. The molecule has 0 radical (unpaired) electrons. The van der Waals surface area contributed by atoms with Gasteiger partial charge in [0.2, 0.25) is 0 Å². The van der Waals surface area contributed by atoms with Gasteiger partial charge in [0.15, 0.2) is 0 Å². The Morgan fingerprint density at radius 2 is 1.62 bits per heavy atom. The van der Waals surface area contributed by atoms with Gasteiger partial charge in [-0.25, -0.2) is 20.2 Å². The van der Waals surface area contributed by atoms with Crippen molar-refractivity contribution in [3.05, 3.63) is 56.9 Å². The van der Waals surface area contributed by atoms with Crippen molar-refractivity contribution in [3.63, 3.8) is 0 Å². The van der Waals surface area contributed by atoms with Crippen LogP contribution in [-0.2, 0) is 0 Å². The van der Waals surface area contributed by atoms with Crippen molar-refractivity contribution >= 4 is 12.6 Å². The zero-order valence-corrected chi connectivity index (χ0v) is 9.29. The average Bonchev–Trinajstić information content (AvgIpc) is 2.29. The number of nitriles is 2. The zero-order chi connectivity index (χ0) is 12.6. The van der Waals surface area contributed by atoms with Gasteiger partial charge >= 0.3 is 0 Å². The van der Waals surface area contributed by atoms with E-state index in [0.29, 0.717) is 5.57 Å². The molecule has 0 spiro atoms. The third-order valence-corrected chi connectivity index (χ3v) is 1.90. The van der Waals surface area contributed by atoms with E-state index in [4.69, 9.17) is 23.7 Å². The van der Waals surface area contributed by atoms with Crippen molar-refractivity contribution in [2.24, 2.45) is 0 Å². The van der Waals surface area contributed by atoms with Crippen molar-refractivity contribution in [2.75, 3.05) is 0 Å². The summed E-state index contributed by atoms with van der Waals surface area (Å²) < 4.78 is 0. The van der Waals surface area contributed by atoms with E-state index in [-0.39, 0.29) is 16.3 Å². The van der Waals surface area contributed by atoms with Crippen molar-refractivity contribution in [2.45, 2.75) is 6.92 Å². The normalized spacial score (nSPS) is 12.6. The smallest absolute Gasteiger partial charge is 0.226 e. The largest absolute Gasteiger partial charge is 0.274 e. The minimum Gasteiger partial charge on any atom is -0.226 e. The van der Waals surface area contributed by atoms with Gasteiger partial charge in [-0.3, -0.25) is 0 Å². The van der Waals surface area contributed by atoms with Gasteiger partial charge in [0.25, 0.3) is 11.4 Å². The highest BCUT2D eigenvalue weighted by Crippen LogP contribution is 2.14. The molecule has 0 amide bonds. The summed E-state index contributed by atoms with van der Waals surface area (Å²) in [6.07, 6.45) is 2.89. The minimum atomic E-state index is -0.131. The average molecular weight is 226 g/mol. The number of hydrogen-bond donors (Lipinski definition) is 1. The molecule has 0 aliphatic heterocycles. The Hall–Kier alpha value is -2.47. The van der Waals surface area contributed by atoms with Crippen molar-refractivity contribution in [1.82, 2.24) is 0 Å².